The van der Waals surface area contributed by atoms with Crippen LogP contribution in [0, 0.1) is 0 Å². The largest absolute Gasteiger partial charge is 0.329 e. The lowest BCUT2D eigenvalue weighted by Crippen LogP contribution is -2.52. The van der Waals surface area contributed by atoms with Crippen molar-refractivity contribution >= 4 is 20.0 Å². The van der Waals surface area contributed by atoms with Gasteiger partial charge in [0.05, 0.1) is 11.5 Å². The lowest BCUT2D eigenvalue weighted by molar-refractivity contribution is 0.444. The van der Waals surface area contributed by atoms with Crippen LogP contribution in [0.4, 0.5) is 0 Å². The van der Waals surface area contributed by atoms with Crippen LogP contribution in [0.25, 0.3) is 0 Å². The average Bonchev–Trinajstić information content (AvgIpc) is 2.10. The van der Waals surface area contributed by atoms with Crippen molar-refractivity contribution in [3.63, 3.8) is 0 Å². The predicted octanol–water partition coefficient (Wildman–Crippen LogP) is -1.42. The smallest absolute Gasteiger partial charge is 0.215 e. The first-order valence-electron chi connectivity index (χ1n) is 5.07. The van der Waals surface area contributed by atoms with Gasteiger partial charge in [-0.2, -0.15) is 0 Å². The first kappa shape index (κ1) is 16.8. The van der Waals surface area contributed by atoms with Crippen LogP contribution >= 0.6 is 0 Å². The summed E-state index contributed by atoms with van der Waals surface area (Å²) in [5, 5.41) is -0.712. The highest BCUT2D eigenvalue weighted by Crippen LogP contribution is 2.04. The van der Waals surface area contributed by atoms with Crippen molar-refractivity contribution in [2.24, 2.45) is 5.73 Å². The van der Waals surface area contributed by atoms with Crippen molar-refractivity contribution in [1.82, 2.24) is 9.44 Å². The van der Waals surface area contributed by atoms with Crippen molar-refractivity contribution in [2.75, 3.05) is 19.3 Å². The summed E-state index contributed by atoms with van der Waals surface area (Å²) >= 11 is 0. The number of sulfonamides is 2. The van der Waals surface area contributed by atoms with E-state index in [0.717, 1.165) is 6.26 Å². The molecule has 0 radical (unpaired) electrons. The highest BCUT2D eigenvalue weighted by molar-refractivity contribution is 7.90. The molecule has 0 aliphatic carbocycles. The fraction of sp³-hybridized carbons (Fsp3) is 1.00. The standard InChI is InChI=1S/C8H21N3O4S2/c1-7(5-9)17(14,15)10-6-8(2,3)11-16(4,12)13/h7,10-11H,5-6,9H2,1-4H3. The molecule has 7 nitrogen and oxygen atoms in total. The van der Waals surface area contributed by atoms with Gasteiger partial charge in [0, 0.05) is 18.6 Å². The molecular formula is C8H21N3O4S2. The highest BCUT2D eigenvalue weighted by atomic mass is 32.2. The molecule has 4 N–H and O–H groups in total. The summed E-state index contributed by atoms with van der Waals surface area (Å²) in [6.07, 6.45) is 1.02. The molecule has 0 bridgehead atoms. The number of nitrogens with one attached hydrogen (secondary N) is 2. The monoisotopic (exact) mass is 287 g/mol. The Labute approximate surface area is 103 Å². The minimum absolute atomic E-state index is 0.00919. The van der Waals surface area contributed by atoms with E-state index < -0.39 is 30.8 Å². The van der Waals surface area contributed by atoms with Crippen molar-refractivity contribution in [1.29, 1.82) is 0 Å². The summed E-state index contributed by atoms with van der Waals surface area (Å²) in [5.41, 5.74) is 4.37. The zero-order valence-corrected chi connectivity index (χ0v) is 12.2. The number of nitrogens with two attached hydrogens (primary N) is 1. The molecule has 17 heavy (non-hydrogen) atoms. The van der Waals surface area contributed by atoms with Crippen LogP contribution in [0.1, 0.15) is 20.8 Å². The first-order valence-corrected chi connectivity index (χ1v) is 8.51. The molecule has 0 heterocycles. The third kappa shape index (κ3) is 6.94. The molecule has 0 fully saturated rings. The minimum Gasteiger partial charge on any atom is -0.329 e. The van der Waals surface area contributed by atoms with E-state index in [0.29, 0.717) is 0 Å². The van der Waals surface area contributed by atoms with E-state index in [1.165, 1.54) is 6.92 Å². The van der Waals surface area contributed by atoms with Gasteiger partial charge < -0.3 is 5.73 Å². The van der Waals surface area contributed by atoms with Crippen molar-refractivity contribution in [3.05, 3.63) is 0 Å². The Morgan fingerprint density at radius 1 is 1.24 bits per heavy atom. The summed E-state index contributed by atoms with van der Waals surface area (Å²) in [4.78, 5) is 0. The van der Waals surface area contributed by atoms with Crippen LogP contribution in [0.5, 0.6) is 0 Å². The van der Waals surface area contributed by atoms with E-state index >= 15 is 0 Å². The predicted molar refractivity (Wildman–Crippen MR) is 67.5 cm³/mol. The van der Waals surface area contributed by atoms with Crippen LogP contribution in [-0.4, -0.2) is 47.0 Å². The lowest BCUT2D eigenvalue weighted by Gasteiger charge is -2.26. The Morgan fingerprint density at radius 3 is 2.06 bits per heavy atom. The summed E-state index contributed by atoms with van der Waals surface area (Å²) in [6.45, 7) is 4.63. The number of hydrogen-bond acceptors (Lipinski definition) is 5. The molecule has 0 amide bonds. The molecule has 1 atom stereocenters. The molecule has 1 unspecified atom stereocenters. The molecule has 0 spiro atoms. The van der Waals surface area contributed by atoms with Gasteiger partial charge in [-0.3, -0.25) is 0 Å². The van der Waals surface area contributed by atoms with Gasteiger partial charge >= 0.3 is 0 Å². The SMILES string of the molecule is CC(CN)S(=O)(=O)NCC(C)(C)NS(C)(=O)=O. The summed E-state index contributed by atoms with van der Waals surface area (Å²) in [5.74, 6) is 0. The van der Waals surface area contributed by atoms with Gasteiger partial charge in [0.15, 0.2) is 0 Å². The van der Waals surface area contributed by atoms with Crippen molar-refractivity contribution < 1.29 is 16.8 Å². The molecule has 0 aliphatic heterocycles. The average molecular weight is 287 g/mol. The molecule has 0 aliphatic rings. The van der Waals surface area contributed by atoms with Crippen LogP contribution < -0.4 is 15.2 Å². The quantitative estimate of drug-likeness (QED) is 0.531. The second-order valence-electron chi connectivity index (χ2n) is 4.67. The molecule has 9 heteroatoms. The highest BCUT2D eigenvalue weighted by Gasteiger charge is 2.26. The Bertz CT molecular complexity index is 441. The van der Waals surface area contributed by atoms with Gasteiger partial charge in [-0.15, -0.1) is 0 Å². The van der Waals surface area contributed by atoms with Gasteiger partial charge in [0.25, 0.3) is 0 Å². The third-order valence-electron chi connectivity index (χ3n) is 2.04. The molecule has 0 rings (SSSR count). The van der Waals surface area contributed by atoms with E-state index in [-0.39, 0.29) is 13.1 Å². The number of hydrogen-bond donors (Lipinski definition) is 3. The fourth-order valence-corrected chi connectivity index (χ4v) is 3.26. The second kappa shape index (κ2) is 5.61. The molecular weight excluding hydrogens is 266 g/mol. The van der Waals surface area contributed by atoms with Gasteiger partial charge in [0.1, 0.15) is 0 Å². The van der Waals surface area contributed by atoms with Gasteiger partial charge in [-0.25, -0.2) is 26.3 Å². The Morgan fingerprint density at radius 2 is 1.71 bits per heavy atom. The zero-order chi connectivity index (χ0) is 13.9. The molecule has 0 saturated heterocycles. The van der Waals surface area contributed by atoms with E-state index in [9.17, 15) is 16.8 Å². The minimum atomic E-state index is -3.51. The van der Waals surface area contributed by atoms with Gasteiger partial charge in [-0.1, -0.05) is 0 Å². The van der Waals surface area contributed by atoms with E-state index in [2.05, 4.69) is 9.44 Å². The van der Waals surface area contributed by atoms with Crippen LogP contribution in [0.15, 0.2) is 0 Å². The maximum Gasteiger partial charge on any atom is 0.215 e. The van der Waals surface area contributed by atoms with Crippen LogP contribution in [0.3, 0.4) is 0 Å². The normalized spacial score (nSPS) is 15.8. The lowest BCUT2D eigenvalue weighted by atomic mass is 10.1. The molecule has 0 aromatic rings. The van der Waals surface area contributed by atoms with Crippen LogP contribution in [-0.2, 0) is 20.0 Å². The Balaban J connectivity index is 4.57. The van der Waals surface area contributed by atoms with Crippen molar-refractivity contribution in [3.8, 4) is 0 Å². The maximum atomic E-state index is 11.6. The summed E-state index contributed by atoms with van der Waals surface area (Å²) in [7, 11) is -6.89. The second-order valence-corrected chi connectivity index (χ2v) is 8.60. The molecule has 104 valence electrons. The molecule has 0 aromatic carbocycles. The number of rotatable bonds is 7. The van der Waals surface area contributed by atoms with Gasteiger partial charge in [-0.05, 0) is 20.8 Å². The van der Waals surface area contributed by atoms with E-state index in [4.69, 9.17) is 5.73 Å². The van der Waals surface area contributed by atoms with Gasteiger partial charge in [0.2, 0.25) is 20.0 Å². The third-order valence-corrected chi connectivity index (χ3v) is 4.76. The van der Waals surface area contributed by atoms with Crippen LogP contribution in [0.2, 0.25) is 0 Å². The topological polar surface area (TPSA) is 118 Å². The molecule has 0 saturated carbocycles. The summed E-state index contributed by atoms with van der Waals surface area (Å²) < 4.78 is 50.0. The Kier molecular flexibility index (Phi) is 5.54. The Hall–Kier alpha value is -0.220. The van der Waals surface area contributed by atoms with Crippen molar-refractivity contribution in [2.45, 2.75) is 31.6 Å². The summed E-state index contributed by atoms with van der Waals surface area (Å²) in [6, 6.07) is 0. The fourth-order valence-electron chi connectivity index (χ4n) is 1.09. The molecule has 0 aromatic heterocycles. The van der Waals surface area contributed by atoms with E-state index in [1.807, 2.05) is 0 Å². The maximum absolute atomic E-state index is 11.6. The first-order chi connectivity index (χ1) is 7.40. The van der Waals surface area contributed by atoms with E-state index in [1.54, 1.807) is 13.8 Å². The zero-order valence-electron chi connectivity index (χ0n) is 10.5.